The molecule has 0 aromatic rings. The quantitative estimate of drug-likeness (QED) is 0.393. The molecule has 15 heavy (non-hydrogen) atoms. The molecule has 0 aliphatic carbocycles. The van der Waals surface area contributed by atoms with Crippen LogP contribution in [0.3, 0.4) is 0 Å². The third-order valence-electron chi connectivity index (χ3n) is 1.30. The van der Waals surface area contributed by atoms with Crippen LogP contribution in [0.25, 0.3) is 0 Å². The van der Waals surface area contributed by atoms with Gasteiger partial charge in [-0.2, -0.15) is 0 Å². The molecule has 0 saturated heterocycles. The van der Waals surface area contributed by atoms with E-state index in [0.717, 1.165) is 0 Å². The van der Waals surface area contributed by atoms with Crippen LogP contribution in [0.1, 0.15) is 6.42 Å². The van der Waals surface area contributed by atoms with Gasteiger partial charge in [0.2, 0.25) is 0 Å². The molecule has 0 aliphatic rings. The minimum Gasteiger partial charge on any atom is -0.464 e. The zero-order chi connectivity index (χ0) is 11.7. The predicted octanol–water partition coefficient (Wildman–Crippen LogP) is 1.50. The summed E-state index contributed by atoms with van der Waals surface area (Å²) < 4.78 is 9.30. The lowest BCUT2D eigenvalue weighted by Gasteiger charge is -2.05. The fourth-order valence-corrected chi connectivity index (χ4v) is 0.837. The molecule has 0 unspecified atom stereocenters. The summed E-state index contributed by atoms with van der Waals surface area (Å²) in [5.41, 5.74) is 0.0414. The molecule has 0 fully saturated rings. The summed E-state index contributed by atoms with van der Waals surface area (Å²) in [5, 5.41) is 0. The molecular formula is C9H12Cl2O4. The first kappa shape index (κ1) is 14.3. The summed E-state index contributed by atoms with van der Waals surface area (Å²) in [4.78, 5) is 22.1. The number of halogens is 2. The van der Waals surface area contributed by atoms with Gasteiger partial charge in [0.25, 0.3) is 0 Å². The van der Waals surface area contributed by atoms with E-state index in [2.05, 4.69) is 16.1 Å². The molecule has 6 heteroatoms. The second-order valence-electron chi connectivity index (χ2n) is 2.51. The Bertz CT molecular complexity index is 240. The highest BCUT2D eigenvalue weighted by atomic mass is 35.5. The van der Waals surface area contributed by atoms with Crippen LogP contribution >= 0.6 is 23.2 Å². The molecule has 0 atom stereocenters. The van der Waals surface area contributed by atoms with Crippen LogP contribution in [0.15, 0.2) is 12.2 Å². The summed E-state index contributed by atoms with van der Waals surface area (Å²) in [5.74, 6) is -0.771. The standard InChI is InChI=1S/C9H12Cl2O4/c1-7(9(13)15-5-3-11)6-8(12)14-4-2-10/h1-6H2. The van der Waals surface area contributed by atoms with Gasteiger partial charge in [-0.1, -0.05) is 6.58 Å². The highest BCUT2D eigenvalue weighted by molar-refractivity contribution is 6.18. The largest absolute Gasteiger partial charge is 0.464 e. The van der Waals surface area contributed by atoms with Crippen LogP contribution in [-0.2, 0) is 19.1 Å². The van der Waals surface area contributed by atoms with E-state index in [0.29, 0.717) is 0 Å². The van der Waals surface area contributed by atoms with Crippen LogP contribution in [-0.4, -0.2) is 36.9 Å². The van der Waals surface area contributed by atoms with E-state index in [4.69, 9.17) is 23.2 Å². The Labute approximate surface area is 98.1 Å². The van der Waals surface area contributed by atoms with Crippen LogP contribution in [0.2, 0.25) is 0 Å². The average molecular weight is 255 g/mol. The monoisotopic (exact) mass is 254 g/mol. The van der Waals surface area contributed by atoms with Crippen LogP contribution in [0.4, 0.5) is 0 Å². The van der Waals surface area contributed by atoms with Crippen molar-refractivity contribution in [2.24, 2.45) is 0 Å². The first-order valence-electron chi connectivity index (χ1n) is 4.24. The zero-order valence-corrected chi connectivity index (χ0v) is 9.64. The molecule has 0 amide bonds. The summed E-state index contributed by atoms with van der Waals surface area (Å²) in [6.45, 7) is 3.61. The van der Waals surface area contributed by atoms with Gasteiger partial charge < -0.3 is 9.47 Å². The third-order valence-corrected chi connectivity index (χ3v) is 1.61. The van der Waals surface area contributed by atoms with E-state index >= 15 is 0 Å². The van der Waals surface area contributed by atoms with E-state index in [1.807, 2.05) is 0 Å². The van der Waals surface area contributed by atoms with Crippen LogP contribution in [0.5, 0.6) is 0 Å². The van der Waals surface area contributed by atoms with Crippen molar-refractivity contribution in [3.63, 3.8) is 0 Å². The number of carbonyl (C=O) groups excluding carboxylic acids is 2. The third kappa shape index (κ3) is 7.22. The molecule has 0 aromatic carbocycles. The van der Waals surface area contributed by atoms with Crippen molar-refractivity contribution in [2.45, 2.75) is 6.42 Å². The van der Waals surface area contributed by atoms with Crippen molar-refractivity contribution in [1.82, 2.24) is 0 Å². The van der Waals surface area contributed by atoms with Gasteiger partial charge in [0.15, 0.2) is 0 Å². The highest BCUT2D eigenvalue weighted by Crippen LogP contribution is 2.03. The summed E-state index contributed by atoms with van der Waals surface area (Å²) >= 11 is 10.6. The number of ether oxygens (including phenoxy) is 2. The molecular weight excluding hydrogens is 243 g/mol. The van der Waals surface area contributed by atoms with Gasteiger partial charge in [0, 0.05) is 5.57 Å². The highest BCUT2D eigenvalue weighted by Gasteiger charge is 2.13. The normalized spacial score (nSPS) is 9.47. The summed E-state index contributed by atoms with van der Waals surface area (Å²) in [7, 11) is 0. The topological polar surface area (TPSA) is 52.6 Å². The lowest BCUT2D eigenvalue weighted by molar-refractivity contribution is -0.145. The molecule has 0 aromatic heterocycles. The maximum atomic E-state index is 11.1. The summed E-state index contributed by atoms with van der Waals surface area (Å²) in [6, 6.07) is 0. The lowest BCUT2D eigenvalue weighted by atomic mass is 10.2. The maximum absolute atomic E-state index is 11.1. The van der Waals surface area contributed by atoms with E-state index in [1.54, 1.807) is 0 Å². The summed E-state index contributed by atoms with van der Waals surface area (Å²) in [6.07, 6.45) is -0.196. The van der Waals surface area contributed by atoms with E-state index in [1.165, 1.54) is 0 Å². The fourth-order valence-electron chi connectivity index (χ4n) is 0.683. The van der Waals surface area contributed by atoms with Gasteiger partial charge in [-0.15, -0.1) is 23.2 Å². The smallest absolute Gasteiger partial charge is 0.334 e. The number of carbonyl (C=O) groups is 2. The van der Waals surface area contributed by atoms with Crippen molar-refractivity contribution >= 4 is 35.1 Å². The van der Waals surface area contributed by atoms with Gasteiger partial charge in [-0.25, -0.2) is 4.79 Å². The minimum absolute atomic E-state index is 0.0414. The number of alkyl halides is 2. The first-order valence-corrected chi connectivity index (χ1v) is 5.31. The van der Waals surface area contributed by atoms with Gasteiger partial charge in [-0.05, 0) is 0 Å². The molecule has 0 bridgehead atoms. The van der Waals surface area contributed by atoms with Gasteiger partial charge in [0.05, 0.1) is 18.2 Å². The Morgan fingerprint density at radius 1 is 1.07 bits per heavy atom. The van der Waals surface area contributed by atoms with E-state index in [-0.39, 0.29) is 37.0 Å². The Kier molecular flexibility index (Phi) is 8.14. The van der Waals surface area contributed by atoms with E-state index in [9.17, 15) is 9.59 Å². The second kappa shape index (κ2) is 8.56. The van der Waals surface area contributed by atoms with E-state index < -0.39 is 11.9 Å². The molecule has 0 aliphatic heterocycles. The Hall–Kier alpha value is -0.740. The molecule has 0 heterocycles. The van der Waals surface area contributed by atoms with Gasteiger partial charge in [0.1, 0.15) is 13.2 Å². The Morgan fingerprint density at radius 3 is 2.13 bits per heavy atom. The molecule has 0 radical (unpaired) electrons. The Balaban J connectivity index is 3.80. The van der Waals surface area contributed by atoms with Gasteiger partial charge in [-0.3, -0.25) is 4.79 Å². The number of hydrogen-bond donors (Lipinski definition) is 0. The van der Waals surface area contributed by atoms with Crippen molar-refractivity contribution in [3.05, 3.63) is 12.2 Å². The molecule has 4 nitrogen and oxygen atoms in total. The molecule has 0 N–H and O–H groups in total. The van der Waals surface area contributed by atoms with Crippen LogP contribution in [0, 0.1) is 0 Å². The first-order chi connectivity index (χ1) is 7.11. The zero-order valence-electron chi connectivity index (χ0n) is 8.13. The maximum Gasteiger partial charge on any atom is 0.334 e. The number of hydrogen-bond acceptors (Lipinski definition) is 4. The predicted molar refractivity (Wildman–Crippen MR) is 57.1 cm³/mol. The Morgan fingerprint density at radius 2 is 1.60 bits per heavy atom. The van der Waals surface area contributed by atoms with Crippen molar-refractivity contribution in [1.29, 1.82) is 0 Å². The SMILES string of the molecule is C=C(CC(=O)OCCCl)C(=O)OCCCl. The van der Waals surface area contributed by atoms with Gasteiger partial charge >= 0.3 is 11.9 Å². The van der Waals surface area contributed by atoms with Crippen LogP contribution < -0.4 is 0 Å². The number of rotatable bonds is 7. The lowest BCUT2D eigenvalue weighted by Crippen LogP contribution is -2.14. The second-order valence-corrected chi connectivity index (χ2v) is 3.27. The number of esters is 2. The van der Waals surface area contributed by atoms with Crippen molar-refractivity contribution in [2.75, 3.05) is 25.0 Å². The van der Waals surface area contributed by atoms with Crippen molar-refractivity contribution in [3.8, 4) is 0 Å². The molecule has 0 rings (SSSR count). The average Bonchev–Trinajstić information content (AvgIpc) is 2.22. The molecule has 0 spiro atoms. The molecule has 86 valence electrons. The fraction of sp³-hybridized carbons (Fsp3) is 0.556. The molecule has 0 saturated carbocycles. The van der Waals surface area contributed by atoms with Crippen molar-refractivity contribution < 1.29 is 19.1 Å². The minimum atomic E-state index is -0.640.